The topological polar surface area (TPSA) is 67.4 Å². The Balaban J connectivity index is 1.45. The molecule has 0 fully saturated rings. The number of amides is 2. The lowest BCUT2D eigenvalue weighted by molar-refractivity contribution is -0.115. The molecular weight excluding hydrogens is 352 g/mol. The number of rotatable bonds is 7. The summed E-state index contributed by atoms with van der Waals surface area (Å²) in [6.45, 7) is 2.30. The van der Waals surface area contributed by atoms with E-state index >= 15 is 0 Å². The number of hydrogen-bond donors (Lipinski definition) is 2. The molecule has 0 aromatic heterocycles. The van der Waals surface area contributed by atoms with Crippen LogP contribution < -0.4 is 15.4 Å². The van der Waals surface area contributed by atoms with E-state index in [2.05, 4.69) is 10.6 Å². The van der Waals surface area contributed by atoms with Crippen molar-refractivity contribution in [3.63, 3.8) is 0 Å². The summed E-state index contributed by atoms with van der Waals surface area (Å²) in [5, 5.41) is 5.37. The molecule has 3 aromatic rings. The molecule has 0 aliphatic heterocycles. The van der Waals surface area contributed by atoms with E-state index in [9.17, 15) is 9.59 Å². The summed E-state index contributed by atoms with van der Waals surface area (Å²) in [4.78, 5) is 24.1. The molecule has 0 spiro atoms. The fraction of sp³-hybridized carbons (Fsp3) is 0.130. The van der Waals surface area contributed by atoms with Crippen molar-refractivity contribution < 1.29 is 14.3 Å². The summed E-state index contributed by atoms with van der Waals surface area (Å²) in [5.74, 6) is 0.150. The van der Waals surface area contributed by atoms with Crippen molar-refractivity contribution >= 4 is 17.5 Å². The molecule has 0 heterocycles. The number of hydrogen-bond acceptors (Lipinski definition) is 3. The molecule has 0 atom stereocenters. The van der Waals surface area contributed by atoms with Gasteiger partial charge >= 0.3 is 0 Å². The van der Waals surface area contributed by atoms with Gasteiger partial charge in [0, 0.05) is 11.3 Å². The zero-order valence-corrected chi connectivity index (χ0v) is 15.6. The van der Waals surface area contributed by atoms with E-state index in [1.54, 1.807) is 36.4 Å². The average Bonchev–Trinajstić information content (AvgIpc) is 2.72. The van der Waals surface area contributed by atoms with E-state index in [1.165, 1.54) is 0 Å². The molecule has 0 aliphatic rings. The summed E-state index contributed by atoms with van der Waals surface area (Å²) < 4.78 is 5.72. The molecule has 0 bridgehead atoms. The number of anilines is 1. The van der Waals surface area contributed by atoms with E-state index in [0.717, 1.165) is 16.9 Å². The number of carbonyl (C=O) groups is 2. The van der Waals surface area contributed by atoms with Crippen molar-refractivity contribution in [2.75, 3.05) is 11.9 Å². The smallest absolute Gasteiger partial charge is 0.251 e. The highest BCUT2D eigenvalue weighted by atomic mass is 16.5. The molecule has 5 nitrogen and oxygen atoms in total. The van der Waals surface area contributed by atoms with Crippen LogP contribution >= 0.6 is 0 Å². The van der Waals surface area contributed by atoms with Crippen molar-refractivity contribution in [3.8, 4) is 5.75 Å². The second kappa shape index (κ2) is 9.37. The minimum Gasteiger partial charge on any atom is -0.489 e. The molecule has 0 radical (unpaired) electrons. The normalized spacial score (nSPS) is 10.2. The fourth-order valence-electron chi connectivity index (χ4n) is 2.63. The number of nitrogens with one attached hydrogen (secondary N) is 2. The van der Waals surface area contributed by atoms with E-state index in [1.807, 2.05) is 49.4 Å². The monoisotopic (exact) mass is 374 g/mol. The molecule has 142 valence electrons. The first-order valence-electron chi connectivity index (χ1n) is 9.02. The van der Waals surface area contributed by atoms with Crippen molar-refractivity contribution in [3.05, 3.63) is 95.6 Å². The van der Waals surface area contributed by atoms with Crippen LogP contribution in [0.1, 0.15) is 21.5 Å². The molecule has 28 heavy (non-hydrogen) atoms. The van der Waals surface area contributed by atoms with Crippen LogP contribution in [0.15, 0.2) is 78.9 Å². The number of aryl methyl sites for hydroxylation is 1. The van der Waals surface area contributed by atoms with Crippen LogP contribution in [0.4, 0.5) is 5.69 Å². The maximum absolute atomic E-state index is 12.1. The molecular formula is C23H22N2O3. The number of ether oxygens (including phenoxy) is 1. The van der Waals surface area contributed by atoms with Gasteiger partial charge in [-0.25, -0.2) is 0 Å². The first-order chi connectivity index (χ1) is 13.6. The van der Waals surface area contributed by atoms with E-state index in [-0.39, 0.29) is 18.4 Å². The third-order valence-corrected chi connectivity index (χ3v) is 4.08. The van der Waals surface area contributed by atoms with Gasteiger partial charge in [-0.2, -0.15) is 0 Å². The lowest BCUT2D eigenvalue weighted by atomic mass is 10.1. The Morgan fingerprint density at radius 3 is 2.36 bits per heavy atom. The molecule has 3 rings (SSSR count). The first kappa shape index (κ1) is 19.2. The Morgan fingerprint density at radius 2 is 1.64 bits per heavy atom. The van der Waals surface area contributed by atoms with Gasteiger partial charge in [0.1, 0.15) is 12.4 Å². The van der Waals surface area contributed by atoms with Crippen molar-refractivity contribution in [2.45, 2.75) is 13.5 Å². The van der Waals surface area contributed by atoms with Gasteiger partial charge in [-0.1, -0.05) is 48.0 Å². The second-order valence-electron chi connectivity index (χ2n) is 6.40. The van der Waals surface area contributed by atoms with Gasteiger partial charge in [0.05, 0.1) is 6.54 Å². The van der Waals surface area contributed by atoms with E-state index < -0.39 is 0 Å². The lowest BCUT2D eigenvalue weighted by Gasteiger charge is -2.09. The molecule has 0 aliphatic carbocycles. The molecule has 3 aromatic carbocycles. The minimum atomic E-state index is -0.293. The Morgan fingerprint density at radius 1 is 0.893 bits per heavy atom. The van der Waals surface area contributed by atoms with Crippen molar-refractivity contribution in [1.82, 2.24) is 5.32 Å². The van der Waals surface area contributed by atoms with Crippen LogP contribution in [-0.4, -0.2) is 18.4 Å². The summed E-state index contributed by atoms with van der Waals surface area (Å²) >= 11 is 0. The third kappa shape index (κ3) is 5.71. The Hall–Kier alpha value is -3.60. The van der Waals surface area contributed by atoms with E-state index in [4.69, 9.17) is 4.74 Å². The Kier molecular flexibility index (Phi) is 6.41. The summed E-state index contributed by atoms with van der Waals surface area (Å²) in [6.07, 6.45) is 0. The van der Waals surface area contributed by atoms with Crippen LogP contribution in [-0.2, 0) is 11.4 Å². The van der Waals surface area contributed by atoms with Crippen LogP contribution in [0.5, 0.6) is 5.75 Å². The van der Waals surface area contributed by atoms with Crippen LogP contribution in [0.25, 0.3) is 0 Å². The molecule has 0 saturated carbocycles. The summed E-state index contributed by atoms with van der Waals surface area (Å²) in [7, 11) is 0. The largest absolute Gasteiger partial charge is 0.489 e. The molecule has 0 saturated heterocycles. The van der Waals surface area contributed by atoms with Crippen LogP contribution in [0.3, 0.4) is 0 Å². The molecule has 2 N–H and O–H groups in total. The second-order valence-corrected chi connectivity index (χ2v) is 6.40. The molecule has 0 unspecified atom stereocenters. The minimum absolute atomic E-state index is 0.0982. The van der Waals surface area contributed by atoms with Gasteiger partial charge in [-0.15, -0.1) is 0 Å². The van der Waals surface area contributed by atoms with Crippen molar-refractivity contribution in [2.24, 2.45) is 0 Å². The zero-order valence-electron chi connectivity index (χ0n) is 15.6. The predicted octanol–water partition coefficient (Wildman–Crippen LogP) is 3.94. The maximum atomic E-state index is 12.1. The standard InChI is InChI=1S/C23H22N2O3/c1-17-6-5-9-19(14-17)23(27)24-15-22(26)25-20-10-12-21(13-11-20)28-16-18-7-3-2-4-8-18/h2-14H,15-16H2,1H3,(H,24,27)(H,25,26). The van der Waals surface area contributed by atoms with Gasteiger partial charge in [-0.05, 0) is 48.9 Å². The fourth-order valence-corrected chi connectivity index (χ4v) is 2.63. The summed E-state index contributed by atoms with van der Waals surface area (Å²) in [6, 6.07) is 24.2. The van der Waals surface area contributed by atoms with Crippen molar-refractivity contribution in [1.29, 1.82) is 0 Å². The van der Waals surface area contributed by atoms with Gasteiger partial charge in [0.15, 0.2) is 0 Å². The number of carbonyl (C=O) groups excluding carboxylic acids is 2. The highest BCUT2D eigenvalue weighted by Crippen LogP contribution is 2.17. The quantitative estimate of drug-likeness (QED) is 0.658. The predicted molar refractivity (Wildman–Crippen MR) is 109 cm³/mol. The average molecular weight is 374 g/mol. The van der Waals surface area contributed by atoms with Gasteiger partial charge in [-0.3, -0.25) is 9.59 Å². The number of benzene rings is 3. The maximum Gasteiger partial charge on any atom is 0.251 e. The first-order valence-corrected chi connectivity index (χ1v) is 9.02. The van der Waals surface area contributed by atoms with E-state index in [0.29, 0.717) is 17.9 Å². The zero-order chi connectivity index (χ0) is 19.8. The summed E-state index contributed by atoms with van der Waals surface area (Å²) in [5.41, 5.74) is 3.26. The van der Waals surface area contributed by atoms with Gasteiger partial charge < -0.3 is 15.4 Å². The lowest BCUT2D eigenvalue weighted by Crippen LogP contribution is -2.32. The highest BCUT2D eigenvalue weighted by Gasteiger charge is 2.08. The van der Waals surface area contributed by atoms with Gasteiger partial charge in [0.2, 0.25) is 5.91 Å². The molecule has 2 amide bonds. The SMILES string of the molecule is Cc1cccc(C(=O)NCC(=O)Nc2ccc(OCc3ccccc3)cc2)c1. The Bertz CT molecular complexity index is 938. The van der Waals surface area contributed by atoms with Gasteiger partial charge in [0.25, 0.3) is 5.91 Å². The van der Waals surface area contributed by atoms with Crippen LogP contribution in [0, 0.1) is 6.92 Å². The Labute approximate surface area is 164 Å². The molecule has 5 heteroatoms. The highest BCUT2D eigenvalue weighted by molar-refractivity contribution is 5.99. The third-order valence-electron chi connectivity index (χ3n) is 4.08. The van der Waals surface area contributed by atoms with Crippen LogP contribution in [0.2, 0.25) is 0 Å².